The van der Waals surface area contributed by atoms with Gasteiger partial charge < -0.3 is 15.4 Å². The number of hydrogen-bond acceptors (Lipinski definition) is 8. The molecule has 1 aliphatic carbocycles. The number of morpholine rings is 1. The van der Waals surface area contributed by atoms with Crippen LogP contribution < -0.4 is 10.6 Å². The maximum absolute atomic E-state index is 12.7. The fourth-order valence-electron chi connectivity index (χ4n) is 3.91. The second kappa shape index (κ2) is 7.37. The summed E-state index contributed by atoms with van der Waals surface area (Å²) in [6, 6.07) is 3.36. The molecule has 10 heteroatoms. The lowest BCUT2D eigenvalue weighted by Gasteiger charge is -2.40. The molecule has 2 fully saturated rings. The van der Waals surface area contributed by atoms with E-state index in [4.69, 9.17) is 32.0 Å². The van der Waals surface area contributed by atoms with Crippen LogP contribution in [-0.2, 0) is 19.3 Å². The highest BCUT2D eigenvalue weighted by molar-refractivity contribution is 7.91. The number of rotatable bonds is 4. The normalized spacial score (nSPS) is 21.6. The SMILES string of the molecule is C[C@H]1COCCN1c1nc(-c2cnc(N)cc2Cl)cc(C2(S(C)(=O)=O)CCC2)n1. The number of aromatic nitrogens is 3. The standard InChI is InChI=1S/C19H24ClN5O3S/c1-12-11-28-7-6-25(12)18-23-15(13-10-22-17(21)8-14(13)20)9-16(24-18)19(4-3-5-19)29(2,26)27/h8-10,12H,3-7,11H2,1-2H3,(H2,21,22)/t12-/m0/s1. The summed E-state index contributed by atoms with van der Waals surface area (Å²) in [6.07, 6.45) is 4.79. The molecule has 0 spiro atoms. The van der Waals surface area contributed by atoms with E-state index in [9.17, 15) is 8.42 Å². The Balaban J connectivity index is 1.90. The second-order valence-electron chi connectivity index (χ2n) is 7.76. The van der Waals surface area contributed by atoms with Crippen molar-refractivity contribution in [2.75, 3.05) is 36.6 Å². The summed E-state index contributed by atoms with van der Waals surface area (Å²) in [7, 11) is -3.36. The number of ether oxygens (including phenoxy) is 1. The number of pyridine rings is 1. The van der Waals surface area contributed by atoms with Gasteiger partial charge in [-0.25, -0.2) is 23.4 Å². The zero-order chi connectivity index (χ0) is 20.8. The van der Waals surface area contributed by atoms with Crippen molar-refractivity contribution in [1.29, 1.82) is 0 Å². The zero-order valence-corrected chi connectivity index (χ0v) is 18.0. The minimum absolute atomic E-state index is 0.0717. The lowest BCUT2D eigenvalue weighted by Crippen LogP contribution is -2.46. The van der Waals surface area contributed by atoms with Gasteiger partial charge in [-0.1, -0.05) is 11.6 Å². The van der Waals surface area contributed by atoms with E-state index in [0.29, 0.717) is 66.3 Å². The summed E-state index contributed by atoms with van der Waals surface area (Å²) < 4.78 is 29.9. The Morgan fingerprint density at radius 1 is 1.31 bits per heavy atom. The van der Waals surface area contributed by atoms with Gasteiger partial charge in [-0.05, 0) is 38.3 Å². The molecule has 0 unspecified atom stereocenters. The first-order chi connectivity index (χ1) is 13.7. The highest BCUT2D eigenvalue weighted by Crippen LogP contribution is 2.48. The number of hydrogen-bond donors (Lipinski definition) is 1. The van der Waals surface area contributed by atoms with Crippen LogP contribution in [0.1, 0.15) is 31.9 Å². The first-order valence-electron chi connectivity index (χ1n) is 9.56. The summed E-state index contributed by atoms with van der Waals surface area (Å²) in [6.45, 7) is 3.78. The molecule has 1 aliphatic heterocycles. The molecule has 8 nitrogen and oxygen atoms in total. The predicted octanol–water partition coefficient (Wildman–Crippen LogP) is 2.42. The van der Waals surface area contributed by atoms with Gasteiger partial charge in [0.05, 0.1) is 35.7 Å². The molecule has 2 aromatic heterocycles. The van der Waals surface area contributed by atoms with E-state index in [1.807, 2.05) is 11.8 Å². The largest absolute Gasteiger partial charge is 0.384 e. The molecule has 1 saturated carbocycles. The number of nitrogen functional groups attached to an aromatic ring is 1. The maximum Gasteiger partial charge on any atom is 0.226 e. The van der Waals surface area contributed by atoms with Crippen LogP contribution in [0.4, 0.5) is 11.8 Å². The summed E-state index contributed by atoms with van der Waals surface area (Å²) >= 11 is 6.40. The van der Waals surface area contributed by atoms with Crippen molar-refractivity contribution >= 4 is 33.2 Å². The molecule has 156 valence electrons. The third kappa shape index (κ3) is 3.55. The van der Waals surface area contributed by atoms with Crippen LogP contribution in [0.5, 0.6) is 0 Å². The molecule has 29 heavy (non-hydrogen) atoms. The average Bonchev–Trinajstić information content (AvgIpc) is 2.59. The van der Waals surface area contributed by atoms with E-state index in [2.05, 4.69) is 4.98 Å². The molecule has 0 radical (unpaired) electrons. The molecule has 0 aromatic carbocycles. The van der Waals surface area contributed by atoms with Gasteiger partial charge in [-0.3, -0.25) is 0 Å². The Bertz CT molecular complexity index is 1040. The fraction of sp³-hybridized carbons (Fsp3) is 0.526. The Kier molecular flexibility index (Phi) is 5.16. The third-order valence-electron chi connectivity index (χ3n) is 5.83. The number of sulfone groups is 1. The topological polar surface area (TPSA) is 111 Å². The van der Waals surface area contributed by atoms with Crippen molar-refractivity contribution in [3.8, 4) is 11.3 Å². The monoisotopic (exact) mass is 437 g/mol. The van der Waals surface area contributed by atoms with Gasteiger partial charge in [0.15, 0.2) is 9.84 Å². The molecule has 0 bridgehead atoms. The molecule has 1 saturated heterocycles. The van der Waals surface area contributed by atoms with E-state index in [-0.39, 0.29) is 6.04 Å². The van der Waals surface area contributed by atoms with E-state index < -0.39 is 14.6 Å². The summed E-state index contributed by atoms with van der Waals surface area (Å²) in [4.78, 5) is 15.6. The van der Waals surface area contributed by atoms with Crippen LogP contribution in [0.3, 0.4) is 0 Å². The lowest BCUT2D eigenvalue weighted by molar-refractivity contribution is 0.0980. The smallest absolute Gasteiger partial charge is 0.226 e. The Morgan fingerprint density at radius 2 is 2.07 bits per heavy atom. The molecule has 0 amide bonds. The van der Waals surface area contributed by atoms with Gasteiger partial charge in [0.1, 0.15) is 10.6 Å². The van der Waals surface area contributed by atoms with Crippen LogP contribution in [0.25, 0.3) is 11.3 Å². The first-order valence-corrected chi connectivity index (χ1v) is 11.8. The van der Waals surface area contributed by atoms with E-state index in [1.54, 1.807) is 18.3 Å². The summed E-state index contributed by atoms with van der Waals surface area (Å²) in [5.41, 5.74) is 7.37. The van der Waals surface area contributed by atoms with Gasteiger partial charge in [0.25, 0.3) is 0 Å². The van der Waals surface area contributed by atoms with Crippen molar-refractivity contribution in [3.63, 3.8) is 0 Å². The van der Waals surface area contributed by atoms with Gasteiger partial charge >= 0.3 is 0 Å². The zero-order valence-electron chi connectivity index (χ0n) is 16.4. The highest BCUT2D eigenvalue weighted by atomic mass is 35.5. The minimum atomic E-state index is -3.36. The van der Waals surface area contributed by atoms with E-state index >= 15 is 0 Å². The quantitative estimate of drug-likeness (QED) is 0.776. The average molecular weight is 438 g/mol. The molecule has 4 rings (SSSR count). The number of nitrogens with two attached hydrogens (primary N) is 1. The van der Waals surface area contributed by atoms with Crippen LogP contribution in [0, 0.1) is 0 Å². The van der Waals surface area contributed by atoms with Crippen molar-refractivity contribution in [1.82, 2.24) is 15.0 Å². The van der Waals surface area contributed by atoms with E-state index in [0.717, 1.165) is 6.42 Å². The van der Waals surface area contributed by atoms with Crippen LogP contribution in [0.15, 0.2) is 18.3 Å². The molecule has 1 atom stereocenters. The van der Waals surface area contributed by atoms with Gasteiger partial charge in [0, 0.05) is 24.6 Å². The van der Waals surface area contributed by atoms with Crippen molar-refractivity contribution in [2.24, 2.45) is 0 Å². The Hall–Kier alpha value is -1.97. The molecular formula is C19H24ClN5O3S. The number of anilines is 2. The van der Waals surface area contributed by atoms with Gasteiger partial charge in [-0.15, -0.1) is 0 Å². The molecule has 2 aliphatic rings. The summed E-state index contributed by atoms with van der Waals surface area (Å²) in [5, 5.41) is 0.408. The number of nitrogens with zero attached hydrogens (tertiary/aromatic N) is 4. The molecule has 2 aromatic rings. The Labute approximate surface area is 175 Å². The van der Waals surface area contributed by atoms with E-state index in [1.165, 1.54) is 6.26 Å². The van der Waals surface area contributed by atoms with Crippen molar-refractivity contribution in [2.45, 2.75) is 37.0 Å². The van der Waals surface area contributed by atoms with Crippen molar-refractivity contribution in [3.05, 3.63) is 29.0 Å². The van der Waals surface area contributed by atoms with Crippen LogP contribution >= 0.6 is 11.6 Å². The molecule has 3 heterocycles. The molecule has 2 N–H and O–H groups in total. The highest BCUT2D eigenvalue weighted by Gasteiger charge is 2.49. The third-order valence-corrected chi connectivity index (χ3v) is 8.18. The predicted molar refractivity (Wildman–Crippen MR) is 113 cm³/mol. The van der Waals surface area contributed by atoms with Crippen LogP contribution in [-0.4, -0.2) is 55.4 Å². The second-order valence-corrected chi connectivity index (χ2v) is 10.5. The lowest BCUT2D eigenvalue weighted by atomic mass is 9.81. The minimum Gasteiger partial charge on any atom is -0.384 e. The van der Waals surface area contributed by atoms with Crippen molar-refractivity contribution < 1.29 is 13.2 Å². The first kappa shape index (κ1) is 20.3. The molecular weight excluding hydrogens is 414 g/mol. The van der Waals surface area contributed by atoms with Crippen LogP contribution in [0.2, 0.25) is 5.02 Å². The summed E-state index contributed by atoms with van der Waals surface area (Å²) in [5.74, 6) is 0.790. The van der Waals surface area contributed by atoms with Gasteiger partial charge in [0.2, 0.25) is 5.95 Å². The Morgan fingerprint density at radius 3 is 2.66 bits per heavy atom. The maximum atomic E-state index is 12.7. The number of halogens is 1. The fourth-order valence-corrected chi connectivity index (χ4v) is 5.68. The van der Waals surface area contributed by atoms with Gasteiger partial charge in [-0.2, -0.15) is 0 Å².